The standard InChI is InChI=1S/C13H23N5/c1-18(11-5-3-2-4-6-11)13-9-12(15-8-7-14)16-10-17-13/h9-11H,2-8,14H2,1H3,(H,15,16,17). The molecule has 0 atom stereocenters. The third kappa shape index (κ3) is 3.32. The first-order valence-electron chi connectivity index (χ1n) is 6.80. The van der Waals surface area contributed by atoms with Crippen molar-refractivity contribution in [1.29, 1.82) is 0 Å². The molecule has 1 saturated carbocycles. The minimum Gasteiger partial charge on any atom is -0.369 e. The molecule has 5 nitrogen and oxygen atoms in total. The molecule has 0 amide bonds. The van der Waals surface area contributed by atoms with E-state index in [1.807, 2.05) is 6.07 Å². The number of nitrogens with one attached hydrogen (secondary N) is 1. The number of rotatable bonds is 5. The fourth-order valence-corrected chi connectivity index (χ4v) is 2.49. The fourth-order valence-electron chi connectivity index (χ4n) is 2.49. The molecule has 0 aromatic carbocycles. The van der Waals surface area contributed by atoms with Crippen molar-refractivity contribution >= 4 is 11.6 Å². The average molecular weight is 249 g/mol. The molecule has 0 radical (unpaired) electrons. The van der Waals surface area contributed by atoms with Gasteiger partial charge in [0.15, 0.2) is 0 Å². The third-order valence-electron chi connectivity index (χ3n) is 3.59. The Morgan fingerprint density at radius 3 is 2.83 bits per heavy atom. The molecule has 0 saturated heterocycles. The van der Waals surface area contributed by atoms with Gasteiger partial charge in [-0.3, -0.25) is 0 Å². The van der Waals surface area contributed by atoms with Gasteiger partial charge < -0.3 is 16.0 Å². The first-order chi connectivity index (χ1) is 8.81. The minimum absolute atomic E-state index is 0.609. The molecule has 18 heavy (non-hydrogen) atoms. The summed E-state index contributed by atoms with van der Waals surface area (Å²) in [7, 11) is 2.13. The lowest BCUT2D eigenvalue weighted by Crippen LogP contribution is -2.34. The van der Waals surface area contributed by atoms with Crippen LogP contribution in [0.5, 0.6) is 0 Å². The van der Waals surface area contributed by atoms with Crippen LogP contribution in [0.25, 0.3) is 0 Å². The van der Waals surface area contributed by atoms with Crippen LogP contribution < -0.4 is 16.0 Å². The molecule has 1 aromatic rings. The highest BCUT2D eigenvalue weighted by molar-refractivity contribution is 5.48. The fraction of sp³-hybridized carbons (Fsp3) is 0.692. The molecule has 1 aromatic heterocycles. The molecule has 100 valence electrons. The summed E-state index contributed by atoms with van der Waals surface area (Å²) < 4.78 is 0. The summed E-state index contributed by atoms with van der Waals surface area (Å²) >= 11 is 0. The van der Waals surface area contributed by atoms with Crippen molar-refractivity contribution in [3.8, 4) is 0 Å². The van der Waals surface area contributed by atoms with E-state index in [1.165, 1.54) is 32.1 Å². The number of hydrogen-bond acceptors (Lipinski definition) is 5. The highest BCUT2D eigenvalue weighted by Gasteiger charge is 2.19. The number of nitrogens with zero attached hydrogens (tertiary/aromatic N) is 3. The van der Waals surface area contributed by atoms with Crippen LogP contribution in [0.2, 0.25) is 0 Å². The van der Waals surface area contributed by atoms with E-state index < -0.39 is 0 Å². The zero-order valence-corrected chi connectivity index (χ0v) is 11.1. The topological polar surface area (TPSA) is 67.1 Å². The summed E-state index contributed by atoms with van der Waals surface area (Å²) in [6.45, 7) is 1.35. The summed E-state index contributed by atoms with van der Waals surface area (Å²) in [4.78, 5) is 10.9. The number of nitrogens with two attached hydrogens (primary N) is 1. The number of anilines is 2. The Labute approximate surface area is 109 Å². The molecule has 5 heteroatoms. The Balaban J connectivity index is 2.02. The van der Waals surface area contributed by atoms with Gasteiger partial charge in [0.25, 0.3) is 0 Å². The molecule has 0 spiro atoms. The zero-order valence-electron chi connectivity index (χ0n) is 11.1. The molecule has 3 N–H and O–H groups in total. The highest BCUT2D eigenvalue weighted by atomic mass is 15.2. The summed E-state index contributed by atoms with van der Waals surface area (Å²) in [5.41, 5.74) is 5.47. The van der Waals surface area contributed by atoms with Gasteiger partial charge in [0, 0.05) is 32.2 Å². The molecule has 1 aliphatic rings. The van der Waals surface area contributed by atoms with E-state index in [9.17, 15) is 0 Å². The molecule has 1 aliphatic carbocycles. The van der Waals surface area contributed by atoms with Crippen LogP contribution in [0.3, 0.4) is 0 Å². The summed E-state index contributed by atoms with van der Waals surface area (Å²) in [5, 5.41) is 3.19. The second-order valence-electron chi connectivity index (χ2n) is 4.88. The maximum Gasteiger partial charge on any atom is 0.134 e. The van der Waals surface area contributed by atoms with E-state index in [-0.39, 0.29) is 0 Å². The summed E-state index contributed by atoms with van der Waals surface area (Å²) in [6.07, 6.45) is 8.19. The molecule has 0 bridgehead atoms. The Hall–Kier alpha value is -1.36. The smallest absolute Gasteiger partial charge is 0.134 e. The maximum atomic E-state index is 5.47. The lowest BCUT2D eigenvalue weighted by Gasteiger charge is -2.32. The molecular weight excluding hydrogens is 226 g/mol. The average Bonchev–Trinajstić information content (AvgIpc) is 2.45. The van der Waals surface area contributed by atoms with Gasteiger partial charge in [-0.05, 0) is 12.8 Å². The van der Waals surface area contributed by atoms with Gasteiger partial charge in [0.05, 0.1) is 0 Å². The lowest BCUT2D eigenvalue weighted by molar-refractivity contribution is 0.426. The summed E-state index contributed by atoms with van der Waals surface area (Å²) in [6, 6.07) is 2.63. The van der Waals surface area contributed by atoms with Crippen molar-refractivity contribution in [2.75, 3.05) is 30.4 Å². The quantitative estimate of drug-likeness (QED) is 0.830. The van der Waals surface area contributed by atoms with Crippen LogP contribution in [0.15, 0.2) is 12.4 Å². The van der Waals surface area contributed by atoms with Crippen LogP contribution in [0.4, 0.5) is 11.6 Å². The maximum absolute atomic E-state index is 5.47. The second kappa shape index (κ2) is 6.54. The molecular formula is C13H23N5. The molecule has 0 aliphatic heterocycles. The Kier molecular flexibility index (Phi) is 4.75. The van der Waals surface area contributed by atoms with Crippen LogP contribution in [0.1, 0.15) is 32.1 Å². The SMILES string of the molecule is CN(c1cc(NCCN)ncn1)C1CCCCC1. The van der Waals surface area contributed by atoms with E-state index in [2.05, 4.69) is 27.2 Å². The van der Waals surface area contributed by atoms with Crippen molar-refractivity contribution in [2.24, 2.45) is 5.73 Å². The Morgan fingerprint density at radius 1 is 1.33 bits per heavy atom. The molecule has 0 unspecified atom stereocenters. The normalized spacial score (nSPS) is 16.6. The van der Waals surface area contributed by atoms with Crippen LogP contribution >= 0.6 is 0 Å². The monoisotopic (exact) mass is 249 g/mol. The van der Waals surface area contributed by atoms with E-state index in [0.29, 0.717) is 12.6 Å². The molecule has 1 heterocycles. The second-order valence-corrected chi connectivity index (χ2v) is 4.88. The van der Waals surface area contributed by atoms with E-state index in [0.717, 1.165) is 18.2 Å². The van der Waals surface area contributed by atoms with Gasteiger partial charge in [0.1, 0.15) is 18.0 Å². The van der Waals surface area contributed by atoms with Crippen molar-refractivity contribution in [1.82, 2.24) is 9.97 Å². The zero-order chi connectivity index (χ0) is 12.8. The van der Waals surface area contributed by atoms with Gasteiger partial charge in [-0.2, -0.15) is 0 Å². The first kappa shape index (κ1) is 13.1. The van der Waals surface area contributed by atoms with Gasteiger partial charge >= 0.3 is 0 Å². The lowest BCUT2D eigenvalue weighted by atomic mass is 9.94. The predicted molar refractivity (Wildman–Crippen MR) is 74.9 cm³/mol. The van der Waals surface area contributed by atoms with E-state index >= 15 is 0 Å². The molecule has 1 fully saturated rings. The van der Waals surface area contributed by atoms with Crippen molar-refractivity contribution in [3.63, 3.8) is 0 Å². The largest absolute Gasteiger partial charge is 0.369 e. The third-order valence-corrected chi connectivity index (χ3v) is 3.59. The number of hydrogen-bond donors (Lipinski definition) is 2. The van der Waals surface area contributed by atoms with Crippen molar-refractivity contribution < 1.29 is 0 Å². The predicted octanol–water partition coefficient (Wildman–Crippen LogP) is 1.62. The minimum atomic E-state index is 0.609. The van der Waals surface area contributed by atoms with Crippen LogP contribution in [-0.2, 0) is 0 Å². The highest BCUT2D eigenvalue weighted by Crippen LogP contribution is 2.25. The van der Waals surface area contributed by atoms with Gasteiger partial charge in [-0.15, -0.1) is 0 Å². The Morgan fingerprint density at radius 2 is 2.11 bits per heavy atom. The first-order valence-corrected chi connectivity index (χ1v) is 6.80. The van der Waals surface area contributed by atoms with Crippen LogP contribution in [-0.4, -0.2) is 36.1 Å². The van der Waals surface area contributed by atoms with E-state index in [4.69, 9.17) is 5.73 Å². The summed E-state index contributed by atoms with van der Waals surface area (Å²) in [5.74, 6) is 1.85. The number of aromatic nitrogens is 2. The van der Waals surface area contributed by atoms with Gasteiger partial charge in [-0.25, -0.2) is 9.97 Å². The van der Waals surface area contributed by atoms with E-state index in [1.54, 1.807) is 6.33 Å². The molecule has 2 rings (SSSR count). The van der Waals surface area contributed by atoms with Gasteiger partial charge in [0.2, 0.25) is 0 Å². The van der Waals surface area contributed by atoms with Crippen molar-refractivity contribution in [2.45, 2.75) is 38.1 Å². The van der Waals surface area contributed by atoms with Crippen molar-refractivity contribution in [3.05, 3.63) is 12.4 Å². The Bertz CT molecular complexity index is 362. The van der Waals surface area contributed by atoms with Gasteiger partial charge in [-0.1, -0.05) is 19.3 Å². The van der Waals surface area contributed by atoms with Crippen LogP contribution in [0, 0.1) is 0 Å².